The smallest absolute Gasteiger partial charge is 0.337 e. The average Bonchev–Trinajstić information content (AvgIpc) is 2.88. The molecule has 0 heterocycles. The fourth-order valence-electron chi connectivity index (χ4n) is 3.64. The van der Waals surface area contributed by atoms with Gasteiger partial charge in [0.25, 0.3) is 15.7 Å². The molecule has 0 radical (unpaired) electrons. The second-order valence-electron chi connectivity index (χ2n) is 7.66. The summed E-state index contributed by atoms with van der Waals surface area (Å²) in [4.78, 5) is 21.9. The molecule has 0 fully saturated rings. The Kier molecular flexibility index (Phi) is 7.02. The molecule has 0 atom stereocenters. The van der Waals surface area contributed by atoms with Crippen LogP contribution in [0.1, 0.15) is 15.9 Å². The maximum atomic E-state index is 12.9. The number of hydrogen-bond acceptors (Lipinski definition) is 8. The molecule has 11 nitrogen and oxygen atoms in total. The minimum absolute atomic E-state index is 0.0506. The van der Waals surface area contributed by atoms with Gasteiger partial charge in [-0.05, 0) is 41.1 Å². The van der Waals surface area contributed by atoms with E-state index in [1.165, 1.54) is 43.7 Å². The van der Waals surface area contributed by atoms with Gasteiger partial charge >= 0.3 is 5.97 Å². The van der Waals surface area contributed by atoms with E-state index in [1.54, 1.807) is 6.07 Å². The molecule has 4 aromatic rings. The van der Waals surface area contributed by atoms with Crippen molar-refractivity contribution in [2.24, 2.45) is 5.10 Å². The van der Waals surface area contributed by atoms with Crippen molar-refractivity contribution in [3.05, 3.63) is 100 Å². The van der Waals surface area contributed by atoms with Gasteiger partial charge < -0.3 is 9.84 Å². The number of ether oxygens (including phenoxy) is 1. The van der Waals surface area contributed by atoms with Gasteiger partial charge in [0.15, 0.2) is 0 Å². The highest BCUT2D eigenvalue weighted by atomic mass is 32.2. The molecule has 0 aromatic heterocycles. The van der Waals surface area contributed by atoms with Crippen LogP contribution in [0.4, 0.5) is 17.1 Å². The molecule has 0 unspecified atom stereocenters. The van der Waals surface area contributed by atoms with E-state index < -0.39 is 31.5 Å². The lowest BCUT2D eigenvalue weighted by Crippen LogP contribution is -2.16. The van der Waals surface area contributed by atoms with Gasteiger partial charge in [-0.1, -0.05) is 42.5 Å². The fourth-order valence-corrected chi connectivity index (χ4v) is 4.74. The van der Waals surface area contributed by atoms with Gasteiger partial charge in [0, 0.05) is 11.6 Å². The monoisotopic (exact) mass is 520 g/mol. The summed E-state index contributed by atoms with van der Waals surface area (Å²) in [6, 6.07) is 19.9. The summed E-state index contributed by atoms with van der Waals surface area (Å²) >= 11 is 0. The molecule has 0 saturated carbocycles. The Bertz CT molecular complexity index is 1650. The highest BCUT2D eigenvalue weighted by Gasteiger charge is 2.23. The first-order valence-electron chi connectivity index (χ1n) is 10.7. The molecule has 37 heavy (non-hydrogen) atoms. The van der Waals surface area contributed by atoms with Crippen LogP contribution in [0.2, 0.25) is 0 Å². The highest BCUT2D eigenvalue weighted by molar-refractivity contribution is 7.92. The summed E-state index contributed by atoms with van der Waals surface area (Å²) in [5, 5.41) is 26.9. The highest BCUT2D eigenvalue weighted by Crippen LogP contribution is 2.30. The summed E-state index contributed by atoms with van der Waals surface area (Å²) in [7, 11) is -2.82. The molecule has 0 bridgehead atoms. The van der Waals surface area contributed by atoms with E-state index in [1.807, 2.05) is 30.3 Å². The predicted octanol–water partition coefficient (Wildman–Crippen LogP) is 4.70. The van der Waals surface area contributed by atoms with Gasteiger partial charge in [-0.15, -0.1) is 0 Å². The molecule has 0 amide bonds. The SMILES string of the molecule is COc1ccc2ccccc2c1/C=N/Nc1ccc(S(=O)(=O)Nc2ccccc2C(=O)O)cc1[N+](=O)[O-]. The molecule has 188 valence electrons. The van der Waals surface area contributed by atoms with Crippen molar-refractivity contribution in [2.45, 2.75) is 4.90 Å². The standard InChI is InChI=1S/C25H20N4O7S/c1-36-24-13-10-16-6-2-3-7-18(16)20(24)15-26-27-22-12-11-17(14-23(22)29(32)33)37(34,35)28-21-9-5-4-8-19(21)25(30)31/h2-15,27-28H,1H3,(H,30,31)/b26-15+. The minimum Gasteiger partial charge on any atom is -0.496 e. The Hall–Kier alpha value is -4.97. The summed E-state index contributed by atoms with van der Waals surface area (Å²) < 4.78 is 33.3. The van der Waals surface area contributed by atoms with Crippen molar-refractivity contribution in [1.29, 1.82) is 0 Å². The predicted molar refractivity (Wildman–Crippen MR) is 139 cm³/mol. The molecule has 12 heteroatoms. The van der Waals surface area contributed by atoms with Crippen molar-refractivity contribution < 1.29 is 28.0 Å². The first-order chi connectivity index (χ1) is 17.7. The number of nitro groups is 1. The van der Waals surface area contributed by atoms with Crippen molar-refractivity contribution in [3.63, 3.8) is 0 Å². The number of methoxy groups -OCH3 is 1. The molecular weight excluding hydrogens is 500 g/mol. The number of benzene rings is 4. The zero-order valence-electron chi connectivity index (χ0n) is 19.3. The van der Waals surface area contributed by atoms with Gasteiger partial charge in [0.1, 0.15) is 11.4 Å². The van der Waals surface area contributed by atoms with Gasteiger partial charge in [0.2, 0.25) is 0 Å². The lowest BCUT2D eigenvalue weighted by molar-refractivity contribution is -0.384. The number of fused-ring (bicyclic) bond motifs is 1. The van der Waals surface area contributed by atoms with E-state index in [2.05, 4.69) is 15.2 Å². The van der Waals surface area contributed by atoms with Crippen LogP contribution in [-0.2, 0) is 10.0 Å². The maximum Gasteiger partial charge on any atom is 0.337 e. The molecule has 4 rings (SSSR count). The summed E-state index contributed by atoms with van der Waals surface area (Å²) in [6.45, 7) is 0. The number of nitrogens with zero attached hydrogens (tertiary/aromatic N) is 2. The molecule has 0 spiro atoms. The summed E-state index contributed by atoms with van der Waals surface area (Å²) in [6.07, 6.45) is 1.46. The van der Waals surface area contributed by atoms with Crippen LogP contribution >= 0.6 is 0 Å². The van der Waals surface area contributed by atoms with Gasteiger partial charge in [-0.2, -0.15) is 5.10 Å². The van der Waals surface area contributed by atoms with Crippen LogP contribution < -0.4 is 14.9 Å². The lowest BCUT2D eigenvalue weighted by Gasteiger charge is -2.11. The van der Waals surface area contributed by atoms with Crippen LogP contribution in [0.15, 0.2) is 88.9 Å². The average molecular weight is 521 g/mol. The number of anilines is 2. The van der Waals surface area contributed by atoms with E-state index in [0.29, 0.717) is 11.3 Å². The van der Waals surface area contributed by atoms with Crippen LogP contribution in [0.5, 0.6) is 5.75 Å². The molecular formula is C25H20N4O7S. The number of sulfonamides is 1. The third-order valence-corrected chi connectivity index (χ3v) is 6.77. The third-order valence-electron chi connectivity index (χ3n) is 5.41. The van der Waals surface area contributed by atoms with Crippen molar-refractivity contribution in [2.75, 3.05) is 17.3 Å². The Morgan fingerprint density at radius 3 is 2.49 bits per heavy atom. The minimum atomic E-state index is -4.34. The molecule has 0 aliphatic heterocycles. The number of hydrazone groups is 1. The Balaban J connectivity index is 1.64. The van der Waals surface area contributed by atoms with Crippen molar-refractivity contribution in [1.82, 2.24) is 0 Å². The number of hydrogen-bond donors (Lipinski definition) is 3. The first-order valence-corrected chi connectivity index (χ1v) is 12.2. The maximum absolute atomic E-state index is 12.9. The number of aromatic carboxylic acids is 1. The van der Waals surface area contributed by atoms with Gasteiger partial charge in [-0.25, -0.2) is 13.2 Å². The summed E-state index contributed by atoms with van der Waals surface area (Å²) in [5.41, 5.74) is 2.21. The number of rotatable bonds is 9. The third kappa shape index (κ3) is 5.33. The van der Waals surface area contributed by atoms with Crippen LogP contribution in [0.25, 0.3) is 10.8 Å². The van der Waals surface area contributed by atoms with Crippen molar-refractivity contribution >= 4 is 50.0 Å². The largest absolute Gasteiger partial charge is 0.496 e. The number of carboxylic acids is 1. The van der Waals surface area contributed by atoms with E-state index in [9.17, 15) is 28.4 Å². The van der Waals surface area contributed by atoms with Gasteiger partial charge in [0.05, 0.1) is 34.4 Å². The van der Waals surface area contributed by atoms with Crippen LogP contribution in [-0.4, -0.2) is 37.7 Å². The van der Waals surface area contributed by atoms with Crippen LogP contribution in [0.3, 0.4) is 0 Å². The second kappa shape index (κ2) is 10.3. The molecule has 0 aliphatic rings. The Labute approximate surface area is 211 Å². The molecule has 4 aromatic carbocycles. The lowest BCUT2D eigenvalue weighted by atomic mass is 10.0. The Morgan fingerprint density at radius 2 is 1.76 bits per heavy atom. The number of para-hydroxylation sites is 1. The zero-order valence-corrected chi connectivity index (χ0v) is 20.1. The van der Waals surface area contributed by atoms with E-state index in [-0.39, 0.29) is 16.9 Å². The van der Waals surface area contributed by atoms with E-state index >= 15 is 0 Å². The first kappa shape index (κ1) is 25.1. The van der Waals surface area contributed by atoms with Crippen LogP contribution in [0, 0.1) is 10.1 Å². The topological polar surface area (TPSA) is 160 Å². The quantitative estimate of drug-likeness (QED) is 0.163. The molecule has 0 saturated heterocycles. The van der Waals surface area contributed by atoms with Gasteiger partial charge in [-0.3, -0.25) is 20.3 Å². The number of nitro benzene ring substituents is 1. The number of carboxylic acid groups (broad SMARTS) is 1. The Morgan fingerprint density at radius 1 is 1.03 bits per heavy atom. The second-order valence-corrected chi connectivity index (χ2v) is 9.35. The molecule has 3 N–H and O–H groups in total. The summed E-state index contributed by atoms with van der Waals surface area (Å²) in [5.74, 6) is -0.780. The zero-order chi connectivity index (χ0) is 26.6. The normalized spacial score (nSPS) is 11.4. The number of nitrogens with one attached hydrogen (secondary N) is 2. The fraction of sp³-hybridized carbons (Fsp3) is 0.0400. The van der Waals surface area contributed by atoms with E-state index in [4.69, 9.17) is 4.74 Å². The van der Waals surface area contributed by atoms with E-state index in [0.717, 1.165) is 22.9 Å². The molecule has 0 aliphatic carbocycles. The van der Waals surface area contributed by atoms with Crippen molar-refractivity contribution in [3.8, 4) is 5.75 Å². The number of carbonyl (C=O) groups is 1.